The van der Waals surface area contributed by atoms with Crippen LogP contribution in [0, 0.1) is 0 Å². The number of aliphatic carboxylic acids is 1. The number of aliphatic hydroxyl groups is 1. The number of halogens is 6. The Labute approximate surface area is 171 Å². The highest BCUT2D eigenvalue weighted by Crippen LogP contribution is 2.43. The first-order valence-corrected chi connectivity index (χ1v) is 8.98. The number of aliphatic hydroxyl groups excluding tert-OH is 1. The van der Waals surface area contributed by atoms with E-state index in [1.54, 1.807) is 0 Å². The van der Waals surface area contributed by atoms with Gasteiger partial charge in [0.25, 0.3) is 0 Å². The zero-order chi connectivity index (χ0) is 23.0. The van der Waals surface area contributed by atoms with Crippen LogP contribution in [0.5, 0.6) is 17.2 Å². The Kier molecular flexibility index (Phi) is 6.08. The third kappa shape index (κ3) is 5.22. The first-order chi connectivity index (χ1) is 14.4. The van der Waals surface area contributed by atoms with Crippen LogP contribution in [0.4, 0.5) is 26.3 Å². The second kappa shape index (κ2) is 8.29. The molecule has 0 bridgehead atoms. The molecule has 168 valence electrons. The zero-order valence-electron chi connectivity index (χ0n) is 15.6. The Morgan fingerprint density at radius 3 is 2.45 bits per heavy atom. The molecule has 0 fully saturated rings. The Bertz CT molecular complexity index is 970. The molecule has 0 aliphatic carbocycles. The van der Waals surface area contributed by atoms with Crippen LogP contribution in [-0.4, -0.2) is 29.0 Å². The van der Waals surface area contributed by atoms with Crippen molar-refractivity contribution in [3.05, 3.63) is 53.1 Å². The number of carbonyl (C=O) groups is 1. The highest BCUT2D eigenvalue weighted by atomic mass is 19.4. The first-order valence-electron chi connectivity index (χ1n) is 8.98. The van der Waals surface area contributed by atoms with Crippen molar-refractivity contribution >= 4 is 5.97 Å². The Hall–Kier alpha value is -2.95. The molecule has 0 spiro atoms. The summed E-state index contributed by atoms with van der Waals surface area (Å²) < 4.78 is 88.6. The van der Waals surface area contributed by atoms with E-state index in [1.807, 2.05) is 0 Å². The van der Waals surface area contributed by atoms with Crippen molar-refractivity contribution in [3.63, 3.8) is 0 Å². The lowest BCUT2D eigenvalue weighted by Gasteiger charge is -2.25. The van der Waals surface area contributed by atoms with Crippen molar-refractivity contribution < 1.29 is 50.8 Å². The number of ether oxygens (including phenoxy) is 2. The van der Waals surface area contributed by atoms with Gasteiger partial charge in [-0.05, 0) is 36.2 Å². The number of hydrogen-bond acceptors (Lipinski definition) is 4. The molecule has 2 N–H and O–H groups in total. The van der Waals surface area contributed by atoms with Crippen LogP contribution < -0.4 is 9.47 Å². The van der Waals surface area contributed by atoms with Gasteiger partial charge >= 0.3 is 18.3 Å². The minimum atomic E-state index is -5.22. The quantitative estimate of drug-likeness (QED) is 0.594. The van der Waals surface area contributed by atoms with Crippen molar-refractivity contribution in [1.29, 1.82) is 0 Å². The predicted molar refractivity (Wildman–Crippen MR) is 94.1 cm³/mol. The van der Waals surface area contributed by atoms with Gasteiger partial charge in [-0.15, -0.1) is 0 Å². The normalized spacial score (nSPS) is 17.5. The lowest BCUT2D eigenvalue weighted by atomic mass is 9.90. The Balaban J connectivity index is 1.96. The molecule has 0 aromatic heterocycles. The lowest BCUT2D eigenvalue weighted by molar-refractivity contribution is -0.207. The summed E-state index contributed by atoms with van der Waals surface area (Å²) in [4.78, 5) is 11.0. The summed E-state index contributed by atoms with van der Waals surface area (Å²) in [6.07, 6.45) is -13.0. The van der Waals surface area contributed by atoms with E-state index in [0.717, 1.165) is 0 Å². The molecule has 1 unspecified atom stereocenters. The van der Waals surface area contributed by atoms with Crippen LogP contribution in [0.25, 0.3) is 0 Å². The number of rotatable bonds is 5. The average Bonchev–Trinajstić information content (AvgIpc) is 2.66. The second-order valence-electron chi connectivity index (χ2n) is 6.93. The molecule has 1 aliphatic heterocycles. The van der Waals surface area contributed by atoms with E-state index in [2.05, 4.69) is 0 Å². The molecule has 11 heteroatoms. The smallest absolute Gasteiger partial charge is 0.418 e. The molecule has 3 rings (SSSR count). The van der Waals surface area contributed by atoms with Gasteiger partial charge in [0.15, 0.2) is 6.10 Å². The largest absolute Gasteiger partial charge is 0.493 e. The fourth-order valence-electron chi connectivity index (χ4n) is 3.26. The molecule has 0 saturated carbocycles. The SMILES string of the molecule is O=C(O)C[C@@H]1CCOc2cc(Oc3ccc(C(F)(F)F)cc3C(O)C(F)(F)F)ccc21. The highest BCUT2D eigenvalue weighted by molar-refractivity contribution is 5.68. The van der Waals surface area contributed by atoms with Crippen molar-refractivity contribution in [1.82, 2.24) is 0 Å². The van der Waals surface area contributed by atoms with E-state index in [0.29, 0.717) is 24.1 Å². The third-order valence-corrected chi connectivity index (χ3v) is 4.74. The Morgan fingerprint density at radius 2 is 1.84 bits per heavy atom. The molecular weight excluding hydrogens is 434 g/mol. The van der Waals surface area contributed by atoms with E-state index in [9.17, 15) is 36.2 Å². The Morgan fingerprint density at radius 1 is 1.13 bits per heavy atom. The monoisotopic (exact) mass is 450 g/mol. The van der Waals surface area contributed by atoms with Gasteiger partial charge in [-0.25, -0.2) is 0 Å². The van der Waals surface area contributed by atoms with Crippen molar-refractivity contribution in [2.24, 2.45) is 0 Å². The van der Waals surface area contributed by atoms with Gasteiger partial charge in [-0.1, -0.05) is 6.07 Å². The molecule has 0 amide bonds. The number of carboxylic acid groups (broad SMARTS) is 1. The zero-order valence-corrected chi connectivity index (χ0v) is 15.6. The maximum Gasteiger partial charge on any atom is 0.418 e. The molecule has 31 heavy (non-hydrogen) atoms. The van der Waals surface area contributed by atoms with Gasteiger partial charge in [0.2, 0.25) is 0 Å². The topological polar surface area (TPSA) is 76.0 Å². The number of fused-ring (bicyclic) bond motifs is 1. The van der Waals surface area contributed by atoms with E-state index in [-0.39, 0.29) is 36.5 Å². The van der Waals surface area contributed by atoms with Crippen molar-refractivity contribution in [2.75, 3.05) is 6.61 Å². The number of benzene rings is 2. The summed E-state index contributed by atoms with van der Waals surface area (Å²) in [5.41, 5.74) is -1.89. The van der Waals surface area contributed by atoms with Crippen LogP contribution in [0.2, 0.25) is 0 Å². The lowest BCUT2D eigenvalue weighted by Crippen LogP contribution is -2.21. The molecule has 0 saturated heterocycles. The highest BCUT2D eigenvalue weighted by Gasteiger charge is 2.42. The van der Waals surface area contributed by atoms with Gasteiger partial charge in [0.05, 0.1) is 18.6 Å². The maximum atomic E-state index is 13.0. The van der Waals surface area contributed by atoms with Crippen molar-refractivity contribution in [2.45, 2.75) is 37.2 Å². The van der Waals surface area contributed by atoms with E-state index >= 15 is 0 Å². The maximum absolute atomic E-state index is 13.0. The van der Waals surface area contributed by atoms with Crippen LogP contribution in [0.1, 0.15) is 41.6 Å². The van der Waals surface area contributed by atoms with Crippen LogP contribution in [-0.2, 0) is 11.0 Å². The molecule has 2 atom stereocenters. The molecule has 0 radical (unpaired) electrons. The van der Waals surface area contributed by atoms with Crippen LogP contribution >= 0.6 is 0 Å². The van der Waals surface area contributed by atoms with Gasteiger partial charge < -0.3 is 19.7 Å². The summed E-state index contributed by atoms with van der Waals surface area (Å²) >= 11 is 0. The average molecular weight is 450 g/mol. The molecule has 1 aliphatic rings. The number of carboxylic acids is 1. The minimum absolute atomic E-state index is 0.0508. The summed E-state index contributed by atoms with van der Waals surface area (Å²) in [6.45, 7) is 0.215. The predicted octanol–water partition coefficient (Wildman–Crippen LogP) is 5.43. The van der Waals surface area contributed by atoms with E-state index < -0.39 is 41.3 Å². The third-order valence-electron chi connectivity index (χ3n) is 4.74. The number of alkyl halides is 6. The van der Waals surface area contributed by atoms with Crippen LogP contribution in [0.3, 0.4) is 0 Å². The minimum Gasteiger partial charge on any atom is -0.493 e. The van der Waals surface area contributed by atoms with Crippen LogP contribution in [0.15, 0.2) is 36.4 Å². The van der Waals surface area contributed by atoms with E-state index in [4.69, 9.17) is 14.6 Å². The van der Waals surface area contributed by atoms with Gasteiger partial charge in [-0.2, -0.15) is 26.3 Å². The summed E-state index contributed by atoms with van der Waals surface area (Å²) in [6, 6.07) is 5.56. The van der Waals surface area contributed by atoms with E-state index in [1.165, 1.54) is 18.2 Å². The van der Waals surface area contributed by atoms with Gasteiger partial charge in [-0.3, -0.25) is 4.79 Å². The molecular formula is C20H16F6O5. The molecule has 1 heterocycles. The summed E-state index contributed by atoms with van der Waals surface area (Å²) in [5.74, 6) is -1.74. The molecule has 2 aromatic rings. The van der Waals surface area contributed by atoms with Crippen molar-refractivity contribution in [3.8, 4) is 17.2 Å². The molecule has 5 nitrogen and oxygen atoms in total. The fourth-order valence-corrected chi connectivity index (χ4v) is 3.26. The number of hydrogen-bond donors (Lipinski definition) is 2. The van der Waals surface area contributed by atoms with Gasteiger partial charge in [0, 0.05) is 17.5 Å². The van der Waals surface area contributed by atoms with Gasteiger partial charge in [0.1, 0.15) is 17.2 Å². The first kappa shape index (κ1) is 22.7. The summed E-state index contributed by atoms with van der Waals surface area (Å²) in [7, 11) is 0. The second-order valence-corrected chi connectivity index (χ2v) is 6.93. The molecule has 2 aromatic carbocycles. The summed E-state index contributed by atoms with van der Waals surface area (Å²) in [5, 5.41) is 18.6. The fraction of sp³-hybridized carbons (Fsp3) is 0.350. The standard InChI is InChI=1S/C20H16F6O5/c21-19(22,23)11-1-4-15(14(8-11)18(29)20(24,25)26)31-12-2-3-13-10(7-17(27)28)5-6-30-16(13)9-12/h1-4,8-10,18,29H,5-7H2,(H,27,28)/t10-,18?/m0/s1.